The van der Waals surface area contributed by atoms with Crippen molar-refractivity contribution >= 4 is 23.9 Å². The van der Waals surface area contributed by atoms with Gasteiger partial charge in [-0.15, -0.1) is 0 Å². The van der Waals surface area contributed by atoms with Crippen LogP contribution in [0.3, 0.4) is 0 Å². The van der Waals surface area contributed by atoms with E-state index in [1.807, 2.05) is 37.3 Å². The molecule has 0 unspecified atom stereocenters. The Morgan fingerprint density at radius 1 is 1.29 bits per heavy atom. The van der Waals surface area contributed by atoms with Crippen molar-refractivity contribution in [2.75, 3.05) is 12.4 Å². The first kappa shape index (κ1) is 17.5. The highest BCUT2D eigenvalue weighted by molar-refractivity contribution is 7.98. The Morgan fingerprint density at radius 2 is 2.00 bits per heavy atom. The Bertz CT molecular complexity index is 439. The van der Waals surface area contributed by atoms with E-state index in [2.05, 4.69) is 4.74 Å². The van der Waals surface area contributed by atoms with Crippen molar-refractivity contribution in [1.29, 1.82) is 0 Å². The number of benzene rings is 1. The highest BCUT2D eigenvalue weighted by Crippen LogP contribution is 2.12. The molecule has 1 rings (SSSR count). The van der Waals surface area contributed by atoms with Crippen LogP contribution in [0.5, 0.6) is 0 Å². The molecule has 0 aliphatic carbocycles. The molecule has 0 bridgehead atoms. The molecule has 0 spiro atoms. The molecular formula is C15H21NO4S. The smallest absolute Gasteiger partial charge is 0.434 e. The van der Waals surface area contributed by atoms with Gasteiger partial charge in [0.25, 0.3) is 0 Å². The average Bonchev–Trinajstić information content (AvgIpc) is 2.48. The van der Waals surface area contributed by atoms with E-state index in [0.29, 0.717) is 5.75 Å². The zero-order chi connectivity index (χ0) is 15.5. The molecule has 21 heavy (non-hydrogen) atoms. The van der Waals surface area contributed by atoms with E-state index < -0.39 is 18.2 Å². The number of unbranched alkanes of at least 4 members (excludes halogenated alkanes) is 1. The summed E-state index contributed by atoms with van der Waals surface area (Å²) in [7, 11) is 0. The molecule has 0 saturated carbocycles. The summed E-state index contributed by atoms with van der Waals surface area (Å²) in [5.74, 6) is 0.385. The van der Waals surface area contributed by atoms with E-state index in [9.17, 15) is 9.59 Å². The van der Waals surface area contributed by atoms with Gasteiger partial charge in [-0.2, -0.15) is 11.8 Å². The summed E-state index contributed by atoms with van der Waals surface area (Å²) in [5, 5.41) is 0. The molecule has 6 heteroatoms. The molecule has 1 aromatic carbocycles. The number of esters is 1. The molecule has 5 nitrogen and oxygen atoms in total. The predicted octanol–water partition coefficient (Wildman–Crippen LogP) is 2.73. The lowest BCUT2D eigenvalue weighted by molar-refractivity contribution is -0.140. The third-order valence-electron chi connectivity index (χ3n) is 2.61. The van der Waals surface area contributed by atoms with Gasteiger partial charge >= 0.3 is 12.1 Å². The van der Waals surface area contributed by atoms with Crippen LogP contribution in [0, 0.1) is 0 Å². The minimum Gasteiger partial charge on any atom is -0.434 e. The van der Waals surface area contributed by atoms with Crippen molar-refractivity contribution in [2.45, 2.75) is 31.6 Å². The second-order valence-corrected chi connectivity index (χ2v) is 5.51. The van der Waals surface area contributed by atoms with Crippen molar-refractivity contribution in [3.05, 3.63) is 35.9 Å². The largest absolute Gasteiger partial charge is 0.516 e. The van der Waals surface area contributed by atoms with Gasteiger partial charge in [0.1, 0.15) is 6.04 Å². The van der Waals surface area contributed by atoms with E-state index >= 15 is 0 Å². The van der Waals surface area contributed by atoms with Crippen LogP contribution in [-0.2, 0) is 20.0 Å². The van der Waals surface area contributed by atoms with Gasteiger partial charge in [0, 0.05) is 11.5 Å². The summed E-state index contributed by atoms with van der Waals surface area (Å²) in [5.41, 5.74) is 6.84. The van der Waals surface area contributed by atoms with Gasteiger partial charge in [-0.25, -0.2) is 9.59 Å². The first-order chi connectivity index (χ1) is 10.1. The minimum absolute atomic E-state index is 0.251. The molecule has 0 aliphatic rings. The van der Waals surface area contributed by atoms with E-state index in [1.54, 1.807) is 0 Å². The van der Waals surface area contributed by atoms with Crippen molar-refractivity contribution < 1.29 is 19.1 Å². The number of thioether (sulfide) groups is 1. The SMILES string of the molecule is CCCCOC(=O)OC(=O)[C@@H](N)CSCc1ccccc1. The summed E-state index contributed by atoms with van der Waals surface area (Å²) >= 11 is 1.51. The van der Waals surface area contributed by atoms with Gasteiger partial charge in [0.15, 0.2) is 0 Å². The molecule has 0 aliphatic heterocycles. The molecule has 1 atom stereocenters. The van der Waals surface area contributed by atoms with Gasteiger partial charge in [0.2, 0.25) is 0 Å². The van der Waals surface area contributed by atoms with E-state index in [0.717, 1.165) is 24.2 Å². The average molecular weight is 311 g/mol. The number of rotatable bonds is 8. The molecule has 0 radical (unpaired) electrons. The van der Waals surface area contributed by atoms with Gasteiger partial charge in [-0.1, -0.05) is 43.7 Å². The maximum atomic E-state index is 11.6. The normalized spacial score (nSPS) is 11.7. The molecule has 0 fully saturated rings. The topological polar surface area (TPSA) is 78.6 Å². The number of hydrogen-bond donors (Lipinski definition) is 1. The summed E-state index contributed by atoms with van der Waals surface area (Å²) in [6, 6.07) is 9.02. The third-order valence-corrected chi connectivity index (χ3v) is 3.75. The summed E-state index contributed by atoms with van der Waals surface area (Å²) in [6.45, 7) is 2.22. The molecule has 0 aromatic heterocycles. The van der Waals surface area contributed by atoms with Crippen LogP contribution in [0.1, 0.15) is 25.3 Å². The van der Waals surface area contributed by atoms with Gasteiger partial charge in [-0.05, 0) is 12.0 Å². The van der Waals surface area contributed by atoms with Gasteiger partial charge in [0.05, 0.1) is 6.61 Å². The second kappa shape index (κ2) is 10.2. The minimum atomic E-state index is -0.975. The van der Waals surface area contributed by atoms with Gasteiger partial charge in [-0.3, -0.25) is 0 Å². The third kappa shape index (κ3) is 7.72. The molecular weight excluding hydrogens is 290 g/mol. The van der Waals surface area contributed by atoms with Crippen LogP contribution in [0.2, 0.25) is 0 Å². The molecule has 116 valence electrons. The summed E-state index contributed by atoms with van der Waals surface area (Å²) in [4.78, 5) is 22.8. The zero-order valence-corrected chi connectivity index (χ0v) is 12.9. The molecule has 2 N–H and O–H groups in total. The Kier molecular flexibility index (Phi) is 8.54. The highest BCUT2D eigenvalue weighted by atomic mass is 32.2. The Morgan fingerprint density at radius 3 is 2.67 bits per heavy atom. The molecule has 0 amide bonds. The monoisotopic (exact) mass is 311 g/mol. The van der Waals surface area contributed by atoms with Crippen LogP contribution in [0.25, 0.3) is 0 Å². The van der Waals surface area contributed by atoms with Crippen LogP contribution < -0.4 is 5.73 Å². The van der Waals surface area contributed by atoms with Crippen molar-refractivity contribution in [2.24, 2.45) is 5.73 Å². The Balaban J connectivity index is 2.20. The maximum absolute atomic E-state index is 11.6. The maximum Gasteiger partial charge on any atom is 0.516 e. The molecule has 0 saturated heterocycles. The number of carbonyl (C=O) groups is 2. The lowest BCUT2D eigenvalue weighted by Gasteiger charge is -2.10. The number of ether oxygens (including phenoxy) is 2. The molecule has 0 heterocycles. The standard InChI is InChI=1S/C15H21NO4S/c1-2-3-9-19-15(18)20-14(17)13(16)11-21-10-12-7-5-4-6-8-12/h4-8,13H,2-3,9-11,16H2,1H3/t13-/m0/s1. The lowest BCUT2D eigenvalue weighted by atomic mass is 10.2. The van der Waals surface area contributed by atoms with Gasteiger partial charge < -0.3 is 15.2 Å². The van der Waals surface area contributed by atoms with Crippen molar-refractivity contribution in [3.8, 4) is 0 Å². The summed E-state index contributed by atoms with van der Waals surface area (Å²) in [6.07, 6.45) is 0.663. The zero-order valence-electron chi connectivity index (χ0n) is 12.1. The highest BCUT2D eigenvalue weighted by Gasteiger charge is 2.19. The van der Waals surface area contributed by atoms with Crippen molar-refractivity contribution in [1.82, 2.24) is 0 Å². The van der Waals surface area contributed by atoms with Crippen molar-refractivity contribution in [3.63, 3.8) is 0 Å². The fraction of sp³-hybridized carbons (Fsp3) is 0.467. The first-order valence-corrected chi connectivity index (χ1v) is 8.04. The fourth-order valence-electron chi connectivity index (χ4n) is 1.43. The Labute approximate surface area is 129 Å². The number of nitrogens with two attached hydrogens (primary N) is 1. The quantitative estimate of drug-likeness (QED) is 0.452. The predicted molar refractivity (Wildman–Crippen MR) is 82.9 cm³/mol. The van der Waals surface area contributed by atoms with E-state index in [4.69, 9.17) is 10.5 Å². The van der Waals surface area contributed by atoms with Crippen LogP contribution >= 0.6 is 11.8 Å². The van der Waals surface area contributed by atoms with Crippen LogP contribution in [0.4, 0.5) is 4.79 Å². The molecule has 1 aromatic rings. The summed E-state index contributed by atoms with van der Waals surface area (Å²) < 4.78 is 9.26. The first-order valence-electron chi connectivity index (χ1n) is 6.89. The Hall–Kier alpha value is -1.53. The van der Waals surface area contributed by atoms with E-state index in [1.165, 1.54) is 11.8 Å². The van der Waals surface area contributed by atoms with E-state index in [-0.39, 0.29) is 6.61 Å². The second-order valence-electron chi connectivity index (χ2n) is 4.48. The number of carbonyl (C=O) groups excluding carboxylic acids is 2. The lowest BCUT2D eigenvalue weighted by Crippen LogP contribution is -2.36. The number of hydrogen-bond acceptors (Lipinski definition) is 6. The van der Waals surface area contributed by atoms with Crippen LogP contribution in [0.15, 0.2) is 30.3 Å². The van der Waals surface area contributed by atoms with Crippen LogP contribution in [-0.4, -0.2) is 30.5 Å². The fourth-order valence-corrected chi connectivity index (χ4v) is 2.37.